The average molecular weight is 538 g/mol. The summed E-state index contributed by atoms with van der Waals surface area (Å²) in [6.45, 7) is 2.38. The summed E-state index contributed by atoms with van der Waals surface area (Å²) in [6.07, 6.45) is 4.52. The van der Waals surface area contributed by atoms with Crippen LogP contribution >= 0.6 is 0 Å². The van der Waals surface area contributed by atoms with Gasteiger partial charge in [0.15, 0.2) is 0 Å². The van der Waals surface area contributed by atoms with Crippen molar-refractivity contribution >= 4 is 40.1 Å². The van der Waals surface area contributed by atoms with Crippen LogP contribution in [-0.4, -0.2) is 56.6 Å². The fraction of sp³-hybridized carbons (Fsp3) is 0.241. The van der Waals surface area contributed by atoms with E-state index in [-0.39, 0.29) is 23.2 Å². The van der Waals surface area contributed by atoms with Crippen LogP contribution in [0.5, 0.6) is 0 Å². The number of fused-ring (bicyclic) bond motifs is 2. The number of pyridine rings is 1. The van der Waals surface area contributed by atoms with E-state index < -0.39 is 11.8 Å². The van der Waals surface area contributed by atoms with E-state index in [0.29, 0.717) is 48.6 Å². The maximum absolute atomic E-state index is 14.0. The Bertz CT molecular complexity index is 1680. The summed E-state index contributed by atoms with van der Waals surface area (Å²) in [5, 5.41) is 19.3. The second kappa shape index (κ2) is 10.2. The van der Waals surface area contributed by atoms with Crippen molar-refractivity contribution in [1.82, 2.24) is 19.9 Å². The maximum Gasteiger partial charge on any atom is 0.354 e. The van der Waals surface area contributed by atoms with E-state index in [0.717, 1.165) is 24.1 Å². The molecule has 0 spiro atoms. The number of para-hydroxylation sites is 1. The van der Waals surface area contributed by atoms with Crippen molar-refractivity contribution < 1.29 is 19.1 Å². The van der Waals surface area contributed by atoms with Crippen molar-refractivity contribution in [3.05, 3.63) is 83.7 Å². The molecule has 2 aromatic carbocycles. The van der Waals surface area contributed by atoms with Crippen molar-refractivity contribution in [2.45, 2.75) is 19.4 Å². The molecule has 6 rings (SSSR count). The molecule has 200 valence electrons. The summed E-state index contributed by atoms with van der Waals surface area (Å²) in [6, 6.07) is 14.9. The molecule has 4 aromatic rings. The Hall–Kier alpha value is -5.11. The normalized spacial score (nSPS) is 15.7. The molecule has 11 heteroatoms. The predicted molar refractivity (Wildman–Crippen MR) is 145 cm³/mol. The monoisotopic (exact) mass is 537 g/mol. The molecule has 0 saturated carbocycles. The first kappa shape index (κ1) is 25.2. The minimum absolute atomic E-state index is 0.0603. The van der Waals surface area contributed by atoms with E-state index in [1.54, 1.807) is 4.90 Å². The molecule has 0 radical (unpaired) electrons. The van der Waals surface area contributed by atoms with Gasteiger partial charge in [0.05, 0.1) is 28.7 Å². The minimum Gasteiger partial charge on any atom is -0.477 e. The van der Waals surface area contributed by atoms with Crippen LogP contribution in [0.3, 0.4) is 0 Å². The zero-order chi connectivity index (χ0) is 27.8. The summed E-state index contributed by atoms with van der Waals surface area (Å²) in [5.41, 5.74) is 2.54. The van der Waals surface area contributed by atoms with Gasteiger partial charge in [-0.1, -0.05) is 18.2 Å². The Kier molecular flexibility index (Phi) is 6.43. The van der Waals surface area contributed by atoms with Crippen LogP contribution in [0.2, 0.25) is 0 Å². The molecule has 1 fully saturated rings. The van der Waals surface area contributed by atoms with Gasteiger partial charge in [0, 0.05) is 31.6 Å². The van der Waals surface area contributed by atoms with Gasteiger partial charge in [-0.15, -0.1) is 0 Å². The van der Waals surface area contributed by atoms with Gasteiger partial charge in [-0.25, -0.2) is 28.9 Å². The third kappa shape index (κ3) is 4.53. The predicted octanol–water partition coefficient (Wildman–Crippen LogP) is 4.72. The molecule has 4 heterocycles. The molecule has 1 saturated heterocycles. The van der Waals surface area contributed by atoms with Gasteiger partial charge in [0.2, 0.25) is 0 Å². The number of nitrogens with zero attached hydrogens (tertiary/aromatic N) is 7. The van der Waals surface area contributed by atoms with Crippen molar-refractivity contribution in [2.75, 3.05) is 29.4 Å². The highest BCUT2D eigenvalue weighted by Gasteiger charge is 2.34. The smallest absolute Gasteiger partial charge is 0.354 e. The lowest BCUT2D eigenvalue weighted by Gasteiger charge is -2.40. The molecule has 2 aliphatic rings. The summed E-state index contributed by atoms with van der Waals surface area (Å²) in [4.78, 5) is 43.3. The van der Waals surface area contributed by atoms with Crippen LogP contribution in [-0.2, 0) is 6.54 Å². The zero-order valence-electron chi connectivity index (χ0n) is 21.4. The number of rotatable bonds is 5. The van der Waals surface area contributed by atoms with Gasteiger partial charge in [-0.3, -0.25) is 4.90 Å². The van der Waals surface area contributed by atoms with Crippen molar-refractivity contribution in [2.24, 2.45) is 5.92 Å². The van der Waals surface area contributed by atoms with E-state index >= 15 is 0 Å². The zero-order valence-corrected chi connectivity index (χ0v) is 21.4. The second-order valence-electron chi connectivity index (χ2n) is 9.92. The fourth-order valence-corrected chi connectivity index (χ4v) is 5.46. The number of carbonyl (C=O) groups is 2. The standard InChI is InChI=1S/C29H24FN7O3/c30-23-6-5-21(11-20(23)13-31)37-26-4-2-1-3-19(26)16-36(29(37)40)15-18-7-9-35(10-8-18)27-22-12-24(28(38)39)32-14-25(22)33-17-34-27/h1-6,11-12,14,17-18H,7-10,15-16H2,(H,38,39). The topological polar surface area (TPSA) is 127 Å². The average Bonchev–Trinajstić information content (AvgIpc) is 2.98. The quantitative estimate of drug-likeness (QED) is 0.387. The molecule has 0 atom stereocenters. The van der Waals surface area contributed by atoms with Gasteiger partial charge in [-0.05, 0) is 54.7 Å². The van der Waals surface area contributed by atoms with E-state index in [2.05, 4.69) is 19.9 Å². The molecule has 0 aliphatic carbocycles. The SMILES string of the molecule is N#Cc1cc(N2C(=O)N(CC3CCN(c4ncnc5cnc(C(=O)O)cc45)CC3)Cc3ccccc32)ccc1F. The van der Waals surface area contributed by atoms with E-state index in [4.69, 9.17) is 0 Å². The van der Waals surface area contributed by atoms with Crippen LogP contribution in [0, 0.1) is 23.1 Å². The lowest BCUT2D eigenvalue weighted by molar-refractivity contribution is 0.0690. The molecule has 10 nitrogen and oxygen atoms in total. The number of aromatic nitrogens is 3. The largest absolute Gasteiger partial charge is 0.477 e. The molecule has 2 aliphatic heterocycles. The Labute approximate surface area is 228 Å². The first-order chi connectivity index (χ1) is 19.4. The van der Waals surface area contributed by atoms with Crippen molar-refractivity contribution in [3.8, 4) is 6.07 Å². The molecule has 0 unspecified atom stereocenters. The van der Waals surface area contributed by atoms with Crippen LogP contribution in [0.15, 0.2) is 61.1 Å². The molecular formula is C29H24FN7O3. The molecule has 1 N–H and O–H groups in total. The van der Waals surface area contributed by atoms with Gasteiger partial charge in [0.1, 0.15) is 29.7 Å². The number of carbonyl (C=O) groups excluding carboxylic acids is 1. The highest BCUT2D eigenvalue weighted by atomic mass is 19.1. The Balaban J connectivity index is 1.21. The number of urea groups is 1. The Morgan fingerprint density at radius 3 is 2.67 bits per heavy atom. The number of piperidine rings is 1. The Morgan fingerprint density at radius 2 is 1.90 bits per heavy atom. The lowest BCUT2D eigenvalue weighted by atomic mass is 9.95. The number of amides is 2. The van der Waals surface area contributed by atoms with Gasteiger partial charge < -0.3 is 14.9 Å². The van der Waals surface area contributed by atoms with E-state index in [1.807, 2.05) is 35.2 Å². The molecule has 2 amide bonds. The number of nitriles is 1. The van der Waals surface area contributed by atoms with Crippen LogP contribution in [0.25, 0.3) is 10.9 Å². The fourth-order valence-electron chi connectivity index (χ4n) is 5.46. The summed E-state index contributed by atoms with van der Waals surface area (Å²) in [7, 11) is 0. The number of hydrogen-bond acceptors (Lipinski definition) is 7. The first-order valence-corrected chi connectivity index (χ1v) is 12.9. The third-order valence-corrected chi connectivity index (χ3v) is 7.50. The first-order valence-electron chi connectivity index (χ1n) is 12.9. The number of halogens is 1. The second-order valence-corrected chi connectivity index (χ2v) is 9.92. The van der Waals surface area contributed by atoms with E-state index in [9.17, 15) is 24.3 Å². The maximum atomic E-state index is 14.0. The number of carboxylic acid groups (broad SMARTS) is 1. The third-order valence-electron chi connectivity index (χ3n) is 7.50. The number of benzene rings is 2. The molecule has 0 bridgehead atoms. The van der Waals surface area contributed by atoms with Crippen LogP contribution < -0.4 is 9.80 Å². The van der Waals surface area contributed by atoms with Gasteiger partial charge >= 0.3 is 12.0 Å². The minimum atomic E-state index is -1.11. The molecular weight excluding hydrogens is 513 g/mol. The highest BCUT2D eigenvalue weighted by molar-refractivity contribution is 6.02. The number of hydrogen-bond donors (Lipinski definition) is 1. The number of aromatic carboxylic acids is 1. The lowest BCUT2D eigenvalue weighted by Crippen LogP contribution is -2.48. The van der Waals surface area contributed by atoms with Crippen LogP contribution in [0.1, 0.15) is 34.5 Å². The van der Waals surface area contributed by atoms with Gasteiger partial charge in [-0.2, -0.15) is 5.26 Å². The van der Waals surface area contributed by atoms with E-state index in [1.165, 1.54) is 36.8 Å². The molecule has 2 aromatic heterocycles. The highest BCUT2D eigenvalue weighted by Crippen LogP contribution is 2.37. The summed E-state index contributed by atoms with van der Waals surface area (Å²) < 4.78 is 14.0. The Morgan fingerprint density at radius 1 is 1.10 bits per heavy atom. The van der Waals surface area contributed by atoms with Gasteiger partial charge in [0.25, 0.3) is 0 Å². The number of carboxylic acids is 1. The summed E-state index contributed by atoms with van der Waals surface area (Å²) in [5.74, 6) is -0.826. The molecule has 40 heavy (non-hydrogen) atoms. The summed E-state index contributed by atoms with van der Waals surface area (Å²) >= 11 is 0. The van der Waals surface area contributed by atoms with Crippen molar-refractivity contribution in [1.29, 1.82) is 5.26 Å². The van der Waals surface area contributed by atoms with Crippen LogP contribution in [0.4, 0.5) is 26.4 Å². The number of anilines is 3. The van der Waals surface area contributed by atoms with Crippen molar-refractivity contribution in [3.63, 3.8) is 0 Å².